The number of H-pyrrole nitrogens is 1. The number of rotatable bonds is 4. The van der Waals surface area contributed by atoms with Crippen molar-refractivity contribution in [3.8, 4) is 11.1 Å². The first-order chi connectivity index (χ1) is 16.5. The molecule has 0 saturated carbocycles. The van der Waals surface area contributed by atoms with Gasteiger partial charge in [0.05, 0.1) is 17.5 Å². The molecule has 0 aromatic carbocycles. The fraction of sp³-hybridized carbons (Fsp3) is 0.348. The number of ketones is 1. The number of Topliss-reactive ketones (excluding diaryl/α,β-unsaturated/α-hetero) is 1. The number of hydrogen-bond donors (Lipinski definition) is 2. The Balaban J connectivity index is 1.42. The Labute approximate surface area is 194 Å². The molecule has 2 saturated heterocycles. The number of hydrogen-bond acceptors (Lipinski definition) is 8. The molecular formula is C23H23N9O2. The largest absolute Gasteiger partial charge is 0.383 e. The van der Waals surface area contributed by atoms with Crippen LogP contribution in [-0.2, 0) is 0 Å². The minimum Gasteiger partial charge on any atom is -0.383 e. The van der Waals surface area contributed by atoms with E-state index in [0.717, 1.165) is 24.0 Å². The monoisotopic (exact) mass is 457 g/mol. The molecule has 3 N–H and O–H groups in total. The zero-order chi connectivity index (χ0) is 23.4. The van der Waals surface area contributed by atoms with Crippen molar-refractivity contribution in [1.29, 1.82) is 0 Å². The third kappa shape index (κ3) is 3.07. The van der Waals surface area contributed by atoms with Crippen LogP contribution in [0.4, 0.5) is 5.82 Å². The zero-order valence-corrected chi connectivity index (χ0v) is 18.5. The maximum atomic E-state index is 13.0. The Morgan fingerprint density at radius 3 is 2.62 bits per heavy atom. The van der Waals surface area contributed by atoms with Gasteiger partial charge < -0.3 is 15.6 Å². The van der Waals surface area contributed by atoms with Gasteiger partial charge in [0.1, 0.15) is 12.1 Å². The number of nitrogen functional groups attached to an aromatic ring is 1. The number of amides is 1. The van der Waals surface area contributed by atoms with Crippen LogP contribution in [0.25, 0.3) is 16.8 Å². The summed E-state index contributed by atoms with van der Waals surface area (Å²) in [6.45, 7) is 1.51. The number of nitrogens with zero attached hydrogens (tertiary/aromatic N) is 7. The molecule has 11 nitrogen and oxygen atoms in total. The first kappa shape index (κ1) is 20.5. The summed E-state index contributed by atoms with van der Waals surface area (Å²) in [5, 5.41) is 12.0. The number of nitrogens with one attached hydrogen (secondary N) is 1. The molecule has 0 unspecified atom stereocenters. The summed E-state index contributed by atoms with van der Waals surface area (Å²) in [7, 11) is 0. The van der Waals surface area contributed by atoms with Crippen molar-refractivity contribution in [2.75, 3.05) is 5.73 Å². The number of carbonyl (C=O) groups is 2. The first-order valence-electron chi connectivity index (χ1n) is 11.3. The van der Waals surface area contributed by atoms with Gasteiger partial charge in [-0.15, -0.1) is 10.2 Å². The smallest absolute Gasteiger partial charge is 0.292 e. The summed E-state index contributed by atoms with van der Waals surface area (Å²) in [6, 6.07) is 3.88. The highest BCUT2D eigenvalue weighted by Gasteiger charge is 2.45. The molecule has 11 heteroatoms. The number of fused-ring (bicyclic) bond motifs is 3. The van der Waals surface area contributed by atoms with Gasteiger partial charge in [0.25, 0.3) is 5.91 Å². The minimum atomic E-state index is -0.146. The molecule has 34 heavy (non-hydrogen) atoms. The molecule has 6 heterocycles. The van der Waals surface area contributed by atoms with Crippen molar-refractivity contribution in [3.63, 3.8) is 0 Å². The molecule has 6 rings (SSSR count). The Hall–Kier alpha value is -4.15. The van der Waals surface area contributed by atoms with Gasteiger partial charge in [-0.2, -0.15) is 9.61 Å². The molecule has 4 aromatic rings. The summed E-state index contributed by atoms with van der Waals surface area (Å²) >= 11 is 0. The topological polar surface area (TPSA) is 148 Å². The van der Waals surface area contributed by atoms with E-state index in [-0.39, 0.29) is 41.3 Å². The first-order valence-corrected chi connectivity index (χ1v) is 11.3. The van der Waals surface area contributed by atoms with Crippen molar-refractivity contribution in [1.82, 2.24) is 39.7 Å². The molecule has 2 bridgehead atoms. The molecule has 2 aliphatic rings. The van der Waals surface area contributed by atoms with Crippen LogP contribution in [0.3, 0.4) is 0 Å². The fourth-order valence-electron chi connectivity index (χ4n) is 5.58. The van der Waals surface area contributed by atoms with Crippen LogP contribution in [-0.4, -0.2) is 63.4 Å². The number of pyridine rings is 1. The van der Waals surface area contributed by atoms with Gasteiger partial charge >= 0.3 is 0 Å². The molecule has 0 radical (unpaired) electrons. The van der Waals surface area contributed by atoms with E-state index in [1.165, 1.54) is 17.8 Å². The van der Waals surface area contributed by atoms with Crippen LogP contribution in [0, 0.1) is 0 Å². The van der Waals surface area contributed by atoms with E-state index in [1.807, 2.05) is 17.0 Å². The van der Waals surface area contributed by atoms with Gasteiger partial charge in [0, 0.05) is 41.5 Å². The fourth-order valence-corrected chi connectivity index (χ4v) is 5.58. The number of piperidine rings is 1. The predicted molar refractivity (Wildman–Crippen MR) is 122 cm³/mol. The third-order valence-corrected chi connectivity index (χ3v) is 7.01. The highest BCUT2D eigenvalue weighted by atomic mass is 16.2. The van der Waals surface area contributed by atoms with E-state index in [9.17, 15) is 9.59 Å². The lowest BCUT2D eigenvalue weighted by Crippen LogP contribution is -2.46. The Bertz CT molecular complexity index is 1380. The highest BCUT2D eigenvalue weighted by molar-refractivity contribution is 6.00. The SMILES string of the molecule is CC(=O)c1c([C@H]2C[C@H]3CC[C@@H](C2)N3C(=O)c2nnc[nH]2)nc2c(-c3cccnc3)cnn2c1N. The minimum absolute atomic E-state index is 0.000811. The maximum absolute atomic E-state index is 13.0. The number of aromatic nitrogens is 7. The Morgan fingerprint density at radius 2 is 1.97 bits per heavy atom. The second-order valence-electron chi connectivity index (χ2n) is 8.95. The predicted octanol–water partition coefficient (Wildman–Crippen LogP) is 2.24. The Morgan fingerprint density at radius 1 is 1.18 bits per heavy atom. The summed E-state index contributed by atoms with van der Waals surface area (Å²) in [4.78, 5) is 39.6. The molecular weight excluding hydrogens is 434 g/mol. The molecule has 2 fully saturated rings. The summed E-state index contributed by atoms with van der Waals surface area (Å²) in [5.41, 5.74) is 9.85. The lowest BCUT2D eigenvalue weighted by atomic mass is 9.85. The van der Waals surface area contributed by atoms with E-state index in [2.05, 4.69) is 25.3 Å². The van der Waals surface area contributed by atoms with Crippen LogP contribution < -0.4 is 5.73 Å². The zero-order valence-electron chi connectivity index (χ0n) is 18.5. The van der Waals surface area contributed by atoms with Crippen LogP contribution in [0.5, 0.6) is 0 Å². The van der Waals surface area contributed by atoms with Crippen molar-refractivity contribution < 1.29 is 9.59 Å². The number of aromatic amines is 1. The van der Waals surface area contributed by atoms with E-state index in [0.29, 0.717) is 29.7 Å². The average Bonchev–Trinajstić information content (AvgIpc) is 3.57. The number of anilines is 1. The summed E-state index contributed by atoms with van der Waals surface area (Å²) in [6.07, 6.45) is 9.79. The number of carbonyl (C=O) groups excluding carboxylic acids is 2. The summed E-state index contributed by atoms with van der Waals surface area (Å²) in [5.74, 6) is 0.263. The second-order valence-corrected chi connectivity index (χ2v) is 8.95. The average molecular weight is 457 g/mol. The quantitative estimate of drug-likeness (QED) is 0.443. The van der Waals surface area contributed by atoms with Gasteiger partial charge in [-0.25, -0.2) is 4.98 Å². The van der Waals surface area contributed by atoms with Crippen LogP contribution in [0.1, 0.15) is 65.2 Å². The van der Waals surface area contributed by atoms with Gasteiger partial charge in [-0.05, 0) is 38.7 Å². The van der Waals surface area contributed by atoms with Crippen molar-refractivity contribution in [2.45, 2.75) is 50.6 Å². The van der Waals surface area contributed by atoms with Gasteiger partial charge in [0.15, 0.2) is 11.4 Å². The van der Waals surface area contributed by atoms with Gasteiger partial charge in [-0.3, -0.25) is 14.6 Å². The summed E-state index contributed by atoms with van der Waals surface area (Å²) < 4.78 is 1.53. The molecule has 2 aliphatic heterocycles. The van der Waals surface area contributed by atoms with E-state index >= 15 is 0 Å². The Kier molecular flexibility index (Phi) is 4.64. The van der Waals surface area contributed by atoms with E-state index in [1.54, 1.807) is 18.6 Å². The molecule has 0 spiro atoms. The molecule has 3 atom stereocenters. The normalized spacial score (nSPS) is 21.8. The standard InChI is InChI=1S/C23H23N9O2/c1-12(33)18-19(29-22-17(10-28-32(22)20(18)24)13-3-2-6-25-9-13)14-7-15-4-5-16(8-14)31(15)23(34)21-26-11-27-30-21/h2-3,6,9-11,14-16H,4-5,7-8,24H2,1H3,(H,26,27,30)/t14-,15+,16-. The molecule has 1 amide bonds. The van der Waals surface area contributed by atoms with E-state index < -0.39 is 0 Å². The van der Waals surface area contributed by atoms with Crippen LogP contribution in [0.2, 0.25) is 0 Å². The number of nitrogens with two attached hydrogens (primary N) is 1. The maximum Gasteiger partial charge on any atom is 0.292 e. The molecule has 0 aliphatic carbocycles. The van der Waals surface area contributed by atoms with Gasteiger partial charge in [0.2, 0.25) is 5.82 Å². The molecule has 4 aromatic heterocycles. The third-order valence-electron chi connectivity index (χ3n) is 7.01. The van der Waals surface area contributed by atoms with Crippen LogP contribution >= 0.6 is 0 Å². The van der Waals surface area contributed by atoms with Crippen molar-refractivity contribution >= 4 is 23.2 Å². The lowest BCUT2D eigenvalue weighted by molar-refractivity contribution is 0.0556. The van der Waals surface area contributed by atoms with Crippen molar-refractivity contribution in [2.24, 2.45) is 0 Å². The highest BCUT2D eigenvalue weighted by Crippen LogP contribution is 2.45. The van der Waals surface area contributed by atoms with Gasteiger partial charge in [-0.1, -0.05) is 6.07 Å². The van der Waals surface area contributed by atoms with E-state index in [4.69, 9.17) is 10.7 Å². The van der Waals surface area contributed by atoms with Crippen molar-refractivity contribution in [3.05, 3.63) is 54.1 Å². The lowest BCUT2D eigenvalue weighted by Gasteiger charge is -2.38. The second kappa shape index (κ2) is 7.72. The van der Waals surface area contributed by atoms with Crippen LogP contribution in [0.15, 0.2) is 37.1 Å². The molecule has 172 valence electrons.